The fraction of sp³-hybridized carbons (Fsp3) is 0.556. The van der Waals surface area contributed by atoms with E-state index in [1.807, 2.05) is 7.05 Å². The average Bonchev–Trinajstić information content (AvgIpc) is 2.16. The highest BCUT2D eigenvalue weighted by atomic mass is 79.9. The van der Waals surface area contributed by atoms with Gasteiger partial charge in [-0.25, -0.2) is 9.97 Å². The molecule has 0 saturated heterocycles. The number of hydrogen-bond acceptors (Lipinski definition) is 3. The van der Waals surface area contributed by atoms with Gasteiger partial charge in [0.1, 0.15) is 12.1 Å². The van der Waals surface area contributed by atoms with Gasteiger partial charge in [0.05, 0.1) is 4.47 Å². The predicted molar refractivity (Wildman–Crippen MR) is 57.9 cm³/mol. The molecule has 1 heterocycles. The molecule has 1 rings (SSSR count). The second-order valence-electron chi connectivity index (χ2n) is 3.06. The van der Waals surface area contributed by atoms with E-state index in [4.69, 9.17) is 0 Å². The standard InChI is InChI=1S/C9H14BrN3/c1-4-7(2)13(3)9-8(10)5-11-6-12-9/h5-7H,4H2,1-3H3. The third-order valence-electron chi connectivity index (χ3n) is 2.23. The van der Waals surface area contributed by atoms with E-state index in [0.29, 0.717) is 6.04 Å². The van der Waals surface area contributed by atoms with Crippen molar-refractivity contribution in [2.24, 2.45) is 0 Å². The molecule has 0 bridgehead atoms. The highest BCUT2D eigenvalue weighted by molar-refractivity contribution is 9.10. The minimum atomic E-state index is 0.492. The Morgan fingerprint density at radius 3 is 2.85 bits per heavy atom. The van der Waals surface area contributed by atoms with Crippen LogP contribution >= 0.6 is 15.9 Å². The van der Waals surface area contributed by atoms with Gasteiger partial charge in [-0.15, -0.1) is 0 Å². The zero-order valence-corrected chi connectivity index (χ0v) is 9.74. The smallest absolute Gasteiger partial charge is 0.146 e. The molecule has 1 aromatic heterocycles. The minimum absolute atomic E-state index is 0.492. The fourth-order valence-corrected chi connectivity index (χ4v) is 1.55. The van der Waals surface area contributed by atoms with Crippen molar-refractivity contribution in [2.75, 3.05) is 11.9 Å². The summed E-state index contributed by atoms with van der Waals surface area (Å²) in [5.74, 6) is 0.948. The summed E-state index contributed by atoms with van der Waals surface area (Å²) < 4.78 is 0.942. The number of hydrogen-bond donors (Lipinski definition) is 0. The molecule has 0 aromatic carbocycles. The van der Waals surface area contributed by atoms with Gasteiger partial charge in [0.2, 0.25) is 0 Å². The fourth-order valence-electron chi connectivity index (χ4n) is 1.05. The quantitative estimate of drug-likeness (QED) is 0.817. The normalized spacial score (nSPS) is 12.6. The van der Waals surface area contributed by atoms with Crippen LogP contribution in [0.4, 0.5) is 5.82 Å². The first kappa shape index (κ1) is 10.4. The van der Waals surface area contributed by atoms with Gasteiger partial charge >= 0.3 is 0 Å². The van der Waals surface area contributed by atoms with Crippen LogP contribution in [-0.4, -0.2) is 23.1 Å². The van der Waals surface area contributed by atoms with E-state index < -0.39 is 0 Å². The van der Waals surface area contributed by atoms with E-state index in [1.54, 1.807) is 12.5 Å². The highest BCUT2D eigenvalue weighted by Crippen LogP contribution is 2.22. The first-order valence-corrected chi connectivity index (χ1v) is 5.14. The molecule has 72 valence electrons. The molecule has 3 nitrogen and oxygen atoms in total. The Morgan fingerprint density at radius 2 is 2.31 bits per heavy atom. The molecule has 0 saturated carbocycles. The number of rotatable bonds is 3. The first-order chi connectivity index (χ1) is 6.16. The highest BCUT2D eigenvalue weighted by Gasteiger charge is 2.11. The van der Waals surface area contributed by atoms with Crippen LogP contribution in [-0.2, 0) is 0 Å². The second kappa shape index (κ2) is 4.56. The predicted octanol–water partition coefficient (Wildman–Crippen LogP) is 2.47. The van der Waals surface area contributed by atoms with Crippen molar-refractivity contribution in [1.29, 1.82) is 0 Å². The summed E-state index contributed by atoms with van der Waals surface area (Å²) in [6.07, 6.45) is 4.44. The maximum absolute atomic E-state index is 4.22. The molecule has 1 aromatic rings. The summed E-state index contributed by atoms with van der Waals surface area (Å²) in [4.78, 5) is 10.3. The molecule has 0 aliphatic carbocycles. The van der Waals surface area contributed by atoms with Crippen molar-refractivity contribution in [3.8, 4) is 0 Å². The lowest BCUT2D eigenvalue weighted by Crippen LogP contribution is -2.29. The Kier molecular flexibility index (Phi) is 3.66. The number of aromatic nitrogens is 2. The van der Waals surface area contributed by atoms with E-state index in [1.165, 1.54) is 0 Å². The molecule has 0 amide bonds. The van der Waals surface area contributed by atoms with Gasteiger partial charge in [-0.3, -0.25) is 0 Å². The van der Waals surface area contributed by atoms with Crippen molar-refractivity contribution in [3.05, 3.63) is 17.0 Å². The zero-order valence-electron chi connectivity index (χ0n) is 8.16. The van der Waals surface area contributed by atoms with Gasteiger partial charge in [0.15, 0.2) is 0 Å². The molecule has 1 unspecified atom stereocenters. The number of nitrogens with zero attached hydrogens (tertiary/aromatic N) is 3. The van der Waals surface area contributed by atoms with Crippen LogP contribution < -0.4 is 4.90 Å². The van der Waals surface area contributed by atoms with Gasteiger partial charge in [0.25, 0.3) is 0 Å². The molecule has 4 heteroatoms. The minimum Gasteiger partial charge on any atom is -0.356 e. The van der Waals surface area contributed by atoms with E-state index in [9.17, 15) is 0 Å². The van der Waals surface area contributed by atoms with Gasteiger partial charge in [-0.2, -0.15) is 0 Å². The summed E-state index contributed by atoms with van der Waals surface area (Å²) in [6.45, 7) is 4.34. The van der Waals surface area contributed by atoms with Gasteiger partial charge in [0, 0.05) is 19.3 Å². The molecule has 0 aliphatic heterocycles. The van der Waals surface area contributed by atoms with Crippen molar-refractivity contribution < 1.29 is 0 Å². The first-order valence-electron chi connectivity index (χ1n) is 4.35. The summed E-state index contributed by atoms with van der Waals surface area (Å²) in [5.41, 5.74) is 0. The lowest BCUT2D eigenvalue weighted by atomic mass is 10.2. The molecule has 0 spiro atoms. The molecule has 0 aliphatic rings. The molecule has 1 atom stereocenters. The van der Waals surface area contributed by atoms with Gasteiger partial charge in [-0.1, -0.05) is 6.92 Å². The Balaban J connectivity index is 2.88. The Bertz CT molecular complexity index is 277. The number of anilines is 1. The largest absolute Gasteiger partial charge is 0.356 e. The lowest BCUT2D eigenvalue weighted by Gasteiger charge is -2.25. The lowest BCUT2D eigenvalue weighted by molar-refractivity contribution is 0.655. The van der Waals surface area contributed by atoms with Crippen LogP contribution in [0.2, 0.25) is 0 Å². The van der Waals surface area contributed by atoms with Gasteiger partial charge < -0.3 is 4.90 Å². The van der Waals surface area contributed by atoms with Crippen LogP contribution in [0.25, 0.3) is 0 Å². The summed E-state index contributed by atoms with van der Waals surface area (Å²) in [7, 11) is 2.04. The van der Waals surface area contributed by atoms with Gasteiger partial charge in [-0.05, 0) is 29.3 Å². The molecule has 13 heavy (non-hydrogen) atoms. The summed E-state index contributed by atoms with van der Waals surface area (Å²) in [6, 6.07) is 0.492. The van der Waals surface area contributed by atoms with Crippen LogP contribution in [0, 0.1) is 0 Å². The third-order valence-corrected chi connectivity index (χ3v) is 2.79. The monoisotopic (exact) mass is 243 g/mol. The SMILES string of the molecule is CCC(C)N(C)c1ncncc1Br. The molecular weight excluding hydrogens is 230 g/mol. The Morgan fingerprint density at radius 1 is 1.62 bits per heavy atom. The maximum atomic E-state index is 4.22. The zero-order chi connectivity index (χ0) is 9.84. The topological polar surface area (TPSA) is 29.0 Å². The number of halogens is 1. The van der Waals surface area contributed by atoms with E-state index >= 15 is 0 Å². The maximum Gasteiger partial charge on any atom is 0.146 e. The van der Waals surface area contributed by atoms with Crippen LogP contribution in [0.3, 0.4) is 0 Å². The van der Waals surface area contributed by atoms with E-state index in [2.05, 4.69) is 44.6 Å². The van der Waals surface area contributed by atoms with Crippen molar-refractivity contribution in [1.82, 2.24) is 9.97 Å². The molecule has 0 N–H and O–H groups in total. The molecule has 0 fully saturated rings. The Hall–Kier alpha value is -0.640. The van der Waals surface area contributed by atoms with Crippen LogP contribution in [0.15, 0.2) is 17.0 Å². The van der Waals surface area contributed by atoms with Crippen molar-refractivity contribution >= 4 is 21.7 Å². The van der Waals surface area contributed by atoms with Crippen molar-refractivity contribution in [2.45, 2.75) is 26.3 Å². The summed E-state index contributed by atoms with van der Waals surface area (Å²) in [5, 5.41) is 0. The van der Waals surface area contributed by atoms with E-state index in [-0.39, 0.29) is 0 Å². The molecular formula is C9H14BrN3. The van der Waals surface area contributed by atoms with Crippen LogP contribution in [0.5, 0.6) is 0 Å². The second-order valence-corrected chi connectivity index (χ2v) is 3.92. The third kappa shape index (κ3) is 2.40. The molecule has 0 radical (unpaired) electrons. The average molecular weight is 244 g/mol. The van der Waals surface area contributed by atoms with E-state index in [0.717, 1.165) is 16.7 Å². The van der Waals surface area contributed by atoms with Crippen LogP contribution in [0.1, 0.15) is 20.3 Å². The summed E-state index contributed by atoms with van der Waals surface area (Å²) >= 11 is 3.43. The van der Waals surface area contributed by atoms with Crippen molar-refractivity contribution in [3.63, 3.8) is 0 Å². The Labute approximate surface area is 87.3 Å².